The van der Waals surface area contributed by atoms with Crippen molar-refractivity contribution in [1.82, 2.24) is 0 Å². The van der Waals surface area contributed by atoms with Crippen LogP contribution in [0.25, 0.3) is 0 Å². The standard InChI is InChI=1S/C13H20N2O/c1-10(2)8-13(15,12(14)16)9-11-6-4-3-5-7-11/h3-7,10H,8-9,15H2,1-2H3,(H2,14,16). The molecule has 0 aromatic heterocycles. The predicted octanol–water partition coefficient (Wildman–Crippen LogP) is 1.46. The molecule has 1 atom stereocenters. The summed E-state index contributed by atoms with van der Waals surface area (Å²) in [4.78, 5) is 11.5. The third kappa shape index (κ3) is 3.35. The molecular weight excluding hydrogens is 200 g/mol. The van der Waals surface area contributed by atoms with Crippen LogP contribution in [0.5, 0.6) is 0 Å². The lowest BCUT2D eigenvalue weighted by Crippen LogP contribution is -2.54. The summed E-state index contributed by atoms with van der Waals surface area (Å²) in [5.41, 5.74) is 11.6. The SMILES string of the molecule is CC(C)CC(N)(Cc1ccccc1)C(N)=O. The van der Waals surface area contributed by atoms with E-state index >= 15 is 0 Å². The first-order valence-electron chi connectivity index (χ1n) is 5.57. The summed E-state index contributed by atoms with van der Waals surface area (Å²) in [6.45, 7) is 4.07. The first kappa shape index (κ1) is 12.7. The van der Waals surface area contributed by atoms with E-state index in [1.54, 1.807) is 0 Å². The first-order valence-corrected chi connectivity index (χ1v) is 5.57. The zero-order valence-corrected chi connectivity index (χ0v) is 9.94. The Morgan fingerprint density at radius 2 is 1.88 bits per heavy atom. The van der Waals surface area contributed by atoms with Gasteiger partial charge >= 0.3 is 0 Å². The van der Waals surface area contributed by atoms with Crippen molar-refractivity contribution in [2.75, 3.05) is 0 Å². The number of hydrogen-bond donors (Lipinski definition) is 2. The van der Waals surface area contributed by atoms with E-state index in [1.165, 1.54) is 0 Å². The van der Waals surface area contributed by atoms with Gasteiger partial charge in [-0.25, -0.2) is 0 Å². The van der Waals surface area contributed by atoms with Gasteiger partial charge in [0.1, 0.15) is 0 Å². The molecule has 0 spiro atoms. The molecule has 0 aliphatic heterocycles. The number of benzene rings is 1. The van der Waals surface area contributed by atoms with Gasteiger partial charge in [0.25, 0.3) is 0 Å². The lowest BCUT2D eigenvalue weighted by Gasteiger charge is -2.27. The van der Waals surface area contributed by atoms with Crippen LogP contribution >= 0.6 is 0 Å². The van der Waals surface area contributed by atoms with Crippen LogP contribution in [0.15, 0.2) is 30.3 Å². The van der Waals surface area contributed by atoms with Crippen molar-refractivity contribution < 1.29 is 4.79 Å². The maximum Gasteiger partial charge on any atom is 0.237 e. The molecule has 4 N–H and O–H groups in total. The van der Waals surface area contributed by atoms with Gasteiger partial charge in [-0.15, -0.1) is 0 Å². The number of rotatable bonds is 5. The maximum atomic E-state index is 11.5. The van der Waals surface area contributed by atoms with Gasteiger partial charge in [-0.2, -0.15) is 0 Å². The Balaban J connectivity index is 2.83. The highest BCUT2D eigenvalue weighted by Gasteiger charge is 2.32. The molecule has 0 aliphatic rings. The number of primary amides is 1. The highest BCUT2D eigenvalue weighted by atomic mass is 16.1. The second kappa shape index (κ2) is 5.12. The minimum atomic E-state index is -0.935. The number of carbonyl (C=O) groups is 1. The lowest BCUT2D eigenvalue weighted by molar-refractivity contribution is -0.123. The molecule has 3 nitrogen and oxygen atoms in total. The second-order valence-corrected chi connectivity index (χ2v) is 4.78. The summed E-state index contributed by atoms with van der Waals surface area (Å²) in [6.07, 6.45) is 1.11. The second-order valence-electron chi connectivity index (χ2n) is 4.78. The highest BCUT2D eigenvalue weighted by molar-refractivity contribution is 5.84. The molecule has 0 saturated heterocycles. The molecule has 1 unspecified atom stereocenters. The largest absolute Gasteiger partial charge is 0.368 e. The summed E-state index contributed by atoms with van der Waals surface area (Å²) in [5, 5.41) is 0. The van der Waals surface area contributed by atoms with Crippen molar-refractivity contribution >= 4 is 5.91 Å². The molecule has 0 bridgehead atoms. The fraction of sp³-hybridized carbons (Fsp3) is 0.462. The van der Waals surface area contributed by atoms with Crippen LogP contribution in [0.1, 0.15) is 25.8 Å². The van der Waals surface area contributed by atoms with Crippen LogP contribution in [-0.4, -0.2) is 11.4 Å². The van der Waals surface area contributed by atoms with E-state index in [0.717, 1.165) is 5.56 Å². The number of amides is 1. The van der Waals surface area contributed by atoms with Crippen molar-refractivity contribution in [3.05, 3.63) is 35.9 Å². The molecule has 3 heteroatoms. The Kier molecular flexibility index (Phi) is 4.07. The van der Waals surface area contributed by atoms with E-state index in [2.05, 4.69) is 0 Å². The van der Waals surface area contributed by atoms with Crippen molar-refractivity contribution in [3.8, 4) is 0 Å². The Morgan fingerprint density at radius 1 is 1.31 bits per heavy atom. The maximum absolute atomic E-state index is 11.5. The number of carbonyl (C=O) groups excluding carboxylic acids is 1. The number of hydrogen-bond acceptors (Lipinski definition) is 2. The van der Waals surface area contributed by atoms with E-state index in [4.69, 9.17) is 11.5 Å². The molecule has 16 heavy (non-hydrogen) atoms. The average molecular weight is 220 g/mol. The molecule has 1 aromatic carbocycles. The van der Waals surface area contributed by atoms with Gasteiger partial charge in [0, 0.05) is 0 Å². The van der Waals surface area contributed by atoms with Gasteiger partial charge < -0.3 is 11.5 Å². The van der Waals surface area contributed by atoms with Gasteiger partial charge in [0.2, 0.25) is 5.91 Å². The third-order valence-electron chi connectivity index (χ3n) is 2.63. The monoisotopic (exact) mass is 220 g/mol. The zero-order chi connectivity index (χ0) is 12.2. The highest BCUT2D eigenvalue weighted by Crippen LogP contribution is 2.19. The zero-order valence-electron chi connectivity index (χ0n) is 9.94. The third-order valence-corrected chi connectivity index (χ3v) is 2.63. The Morgan fingerprint density at radius 3 is 2.31 bits per heavy atom. The van der Waals surface area contributed by atoms with Crippen LogP contribution in [-0.2, 0) is 11.2 Å². The minimum Gasteiger partial charge on any atom is -0.368 e. The molecule has 1 amide bonds. The summed E-state index contributed by atoms with van der Waals surface area (Å²) in [5.74, 6) is -0.0775. The summed E-state index contributed by atoms with van der Waals surface area (Å²) in [6, 6.07) is 9.74. The molecular formula is C13H20N2O. The van der Waals surface area contributed by atoms with Crippen LogP contribution in [0.3, 0.4) is 0 Å². The number of nitrogens with two attached hydrogens (primary N) is 2. The summed E-state index contributed by atoms with van der Waals surface area (Å²) >= 11 is 0. The van der Waals surface area contributed by atoms with Crippen LogP contribution < -0.4 is 11.5 Å². The predicted molar refractivity (Wildman–Crippen MR) is 65.7 cm³/mol. The fourth-order valence-electron chi connectivity index (χ4n) is 1.95. The van der Waals surface area contributed by atoms with Crippen LogP contribution in [0.2, 0.25) is 0 Å². The quantitative estimate of drug-likeness (QED) is 0.788. The molecule has 0 heterocycles. The van der Waals surface area contributed by atoms with Crippen LogP contribution in [0, 0.1) is 5.92 Å². The molecule has 0 aliphatic carbocycles. The van der Waals surface area contributed by atoms with Crippen molar-refractivity contribution in [2.24, 2.45) is 17.4 Å². The molecule has 0 fully saturated rings. The normalized spacial score (nSPS) is 14.8. The Hall–Kier alpha value is -1.35. The van der Waals surface area contributed by atoms with Crippen molar-refractivity contribution in [1.29, 1.82) is 0 Å². The van der Waals surface area contributed by atoms with Gasteiger partial charge in [-0.3, -0.25) is 4.79 Å². The summed E-state index contributed by atoms with van der Waals surface area (Å²) in [7, 11) is 0. The van der Waals surface area contributed by atoms with E-state index < -0.39 is 11.4 Å². The average Bonchev–Trinajstić information content (AvgIpc) is 2.17. The Bertz CT molecular complexity index is 348. The molecule has 1 aromatic rings. The van der Waals surface area contributed by atoms with E-state index in [0.29, 0.717) is 18.8 Å². The van der Waals surface area contributed by atoms with Gasteiger partial charge in [-0.1, -0.05) is 44.2 Å². The molecule has 0 radical (unpaired) electrons. The van der Waals surface area contributed by atoms with Gasteiger partial charge in [0.05, 0.1) is 5.54 Å². The van der Waals surface area contributed by atoms with Crippen LogP contribution in [0.4, 0.5) is 0 Å². The van der Waals surface area contributed by atoms with E-state index in [9.17, 15) is 4.79 Å². The van der Waals surface area contributed by atoms with Crippen molar-refractivity contribution in [2.45, 2.75) is 32.2 Å². The first-order chi connectivity index (χ1) is 7.44. The smallest absolute Gasteiger partial charge is 0.237 e. The summed E-state index contributed by atoms with van der Waals surface area (Å²) < 4.78 is 0. The molecule has 1 rings (SSSR count). The van der Waals surface area contributed by atoms with E-state index in [1.807, 2.05) is 44.2 Å². The Labute approximate surface area is 96.8 Å². The lowest BCUT2D eigenvalue weighted by atomic mass is 9.83. The molecule has 0 saturated carbocycles. The fourth-order valence-corrected chi connectivity index (χ4v) is 1.95. The minimum absolute atomic E-state index is 0.348. The van der Waals surface area contributed by atoms with Crippen molar-refractivity contribution in [3.63, 3.8) is 0 Å². The van der Waals surface area contributed by atoms with Gasteiger partial charge in [-0.05, 0) is 24.3 Å². The topological polar surface area (TPSA) is 69.1 Å². The van der Waals surface area contributed by atoms with Gasteiger partial charge in [0.15, 0.2) is 0 Å². The molecule has 88 valence electrons. The van der Waals surface area contributed by atoms with E-state index in [-0.39, 0.29) is 0 Å².